The van der Waals surface area contributed by atoms with Gasteiger partial charge in [0.05, 0.1) is 6.20 Å². The van der Waals surface area contributed by atoms with Crippen LogP contribution in [0.15, 0.2) is 35.1 Å². The Hall–Kier alpha value is -2.75. The molecule has 0 aliphatic carbocycles. The van der Waals surface area contributed by atoms with Gasteiger partial charge in [0, 0.05) is 17.7 Å². The summed E-state index contributed by atoms with van der Waals surface area (Å²) < 4.78 is 32.6. The fourth-order valence-corrected chi connectivity index (χ4v) is 3.25. The summed E-state index contributed by atoms with van der Waals surface area (Å²) in [6, 6.07) is 5.17. The third-order valence-electron chi connectivity index (χ3n) is 3.55. The van der Waals surface area contributed by atoms with E-state index in [-0.39, 0.29) is 17.0 Å². The van der Waals surface area contributed by atoms with Gasteiger partial charge in [-0.15, -0.1) is 9.90 Å². The second-order valence-electron chi connectivity index (χ2n) is 6.93. The predicted octanol–water partition coefficient (Wildman–Crippen LogP) is 2.20. The summed E-state index contributed by atoms with van der Waals surface area (Å²) in [6.45, 7) is 7.56. The molecule has 0 aliphatic heterocycles. The average molecular weight is 376 g/mol. The molecule has 0 atom stereocenters. The molecule has 0 aromatic carbocycles. The molecular formula is C16H20N6O3S. The molecule has 0 bridgehead atoms. The monoisotopic (exact) mass is 376 g/mol. The van der Waals surface area contributed by atoms with E-state index in [1.165, 1.54) is 4.80 Å². The average Bonchev–Trinajstić information content (AvgIpc) is 3.15. The maximum atomic E-state index is 12.4. The molecule has 3 aromatic heterocycles. The zero-order valence-corrected chi connectivity index (χ0v) is 15.8. The molecule has 10 heteroatoms. The lowest BCUT2D eigenvalue weighted by atomic mass is 9.93. The van der Waals surface area contributed by atoms with Gasteiger partial charge in [-0.05, 0) is 19.1 Å². The van der Waals surface area contributed by atoms with Gasteiger partial charge in [-0.3, -0.25) is 9.71 Å². The first kappa shape index (κ1) is 18.1. The highest BCUT2D eigenvalue weighted by Gasteiger charge is 2.23. The SMILES string of the molecule is Cc1nn(-c2cccnc2)nc1NS(=O)(=O)Cc1cc(C(C)(C)C)on1. The van der Waals surface area contributed by atoms with Crippen molar-refractivity contribution in [3.63, 3.8) is 0 Å². The number of nitrogens with one attached hydrogen (secondary N) is 1. The minimum absolute atomic E-state index is 0.161. The van der Waals surface area contributed by atoms with Crippen LogP contribution in [-0.4, -0.2) is 33.6 Å². The Kier molecular flexibility index (Phi) is 4.53. The van der Waals surface area contributed by atoms with Gasteiger partial charge in [0.1, 0.15) is 28.6 Å². The van der Waals surface area contributed by atoms with Crippen molar-refractivity contribution < 1.29 is 12.9 Å². The second kappa shape index (κ2) is 6.52. The molecule has 0 saturated carbocycles. The third kappa shape index (κ3) is 4.07. The number of sulfonamides is 1. The molecule has 3 heterocycles. The first-order valence-corrected chi connectivity index (χ1v) is 9.60. The van der Waals surface area contributed by atoms with Gasteiger partial charge < -0.3 is 4.52 Å². The van der Waals surface area contributed by atoms with Crippen molar-refractivity contribution in [2.75, 3.05) is 4.72 Å². The van der Waals surface area contributed by atoms with Gasteiger partial charge in [-0.1, -0.05) is 25.9 Å². The Bertz CT molecular complexity index is 1000. The Labute approximate surface area is 151 Å². The Balaban J connectivity index is 1.78. The summed E-state index contributed by atoms with van der Waals surface area (Å²) in [5.41, 5.74) is 1.17. The van der Waals surface area contributed by atoms with Crippen LogP contribution in [0.1, 0.15) is 37.9 Å². The lowest BCUT2D eigenvalue weighted by Gasteiger charge is -2.12. The van der Waals surface area contributed by atoms with Gasteiger partial charge in [0.15, 0.2) is 5.82 Å². The molecule has 0 saturated heterocycles. The van der Waals surface area contributed by atoms with Gasteiger partial charge in [0.2, 0.25) is 10.0 Å². The highest BCUT2D eigenvalue weighted by atomic mass is 32.2. The van der Waals surface area contributed by atoms with E-state index in [4.69, 9.17) is 4.52 Å². The smallest absolute Gasteiger partial charge is 0.239 e. The standard InChI is InChI=1S/C16H20N6O3S/c1-11-15(19-22(18-11)13-6-5-7-17-9-13)21-26(23,24)10-12-8-14(25-20-12)16(2,3)4/h5-9H,10H2,1-4H3,(H,19,21). The van der Waals surface area contributed by atoms with Crippen LogP contribution in [0.4, 0.5) is 5.82 Å². The van der Waals surface area contributed by atoms with E-state index < -0.39 is 10.0 Å². The topological polar surface area (TPSA) is 116 Å². The zero-order valence-electron chi connectivity index (χ0n) is 15.0. The van der Waals surface area contributed by atoms with E-state index in [2.05, 4.69) is 25.1 Å². The van der Waals surface area contributed by atoms with Crippen molar-refractivity contribution in [3.05, 3.63) is 47.7 Å². The van der Waals surface area contributed by atoms with Crippen LogP contribution in [-0.2, 0) is 21.2 Å². The second-order valence-corrected chi connectivity index (χ2v) is 8.65. The van der Waals surface area contributed by atoms with Crippen LogP contribution in [0.5, 0.6) is 0 Å². The number of pyridine rings is 1. The summed E-state index contributed by atoms with van der Waals surface area (Å²) >= 11 is 0. The molecular weight excluding hydrogens is 356 g/mol. The summed E-state index contributed by atoms with van der Waals surface area (Å²) in [5.74, 6) is 0.473. The van der Waals surface area contributed by atoms with Gasteiger partial charge in [0.25, 0.3) is 0 Å². The number of hydrogen-bond acceptors (Lipinski definition) is 7. The normalized spacial score (nSPS) is 12.3. The summed E-state index contributed by atoms with van der Waals surface area (Å²) in [6.07, 6.45) is 3.22. The Morgan fingerprint density at radius 2 is 2.04 bits per heavy atom. The van der Waals surface area contributed by atoms with E-state index in [1.54, 1.807) is 37.5 Å². The number of aromatic nitrogens is 5. The highest BCUT2D eigenvalue weighted by Crippen LogP contribution is 2.23. The number of aryl methyl sites for hydroxylation is 1. The zero-order chi connectivity index (χ0) is 18.9. The minimum Gasteiger partial charge on any atom is -0.361 e. The summed E-state index contributed by atoms with van der Waals surface area (Å²) in [7, 11) is -3.72. The van der Waals surface area contributed by atoms with Crippen molar-refractivity contribution in [2.24, 2.45) is 0 Å². The maximum absolute atomic E-state index is 12.4. The predicted molar refractivity (Wildman–Crippen MR) is 95.3 cm³/mol. The molecule has 0 unspecified atom stereocenters. The molecule has 0 amide bonds. The summed E-state index contributed by atoms with van der Waals surface area (Å²) in [5, 5.41) is 12.2. The Morgan fingerprint density at radius 3 is 2.65 bits per heavy atom. The van der Waals surface area contributed by atoms with Crippen LogP contribution in [0.3, 0.4) is 0 Å². The number of anilines is 1. The van der Waals surface area contributed by atoms with Crippen molar-refractivity contribution in [1.82, 2.24) is 25.1 Å². The van der Waals surface area contributed by atoms with Crippen LogP contribution < -0.4 is 4.72 Å². The largest absolute Gasteiger partial charge is 0.361 e. The molecule has 26 heavy (non-hydrogen) atoms. The molecule has 3 rings (SSSR count). The van der Waals surface area contributed by atoms with E-state index >= 15 is 0 Å². The molecule has 0 spiro atoms. The number of rotatable bonds is 5. The van der Waals surface area contributed by atoms with Crippen molar-refractivity contribution in [1.29, 1.82) is 0 Å². The fraction of sp³-hybridized carbons (Fsp3) is 0.375. The van der Waals surface area contributed by atoms with E-state index in [0.717, 1.165) is 0 Å². The molecule has 9 nitrogen and oxygen atoms in total. The number of hydrogen-bond donors (Lipinski definition) is 1. The summed E-state index contributed by atoms with van der Waals surface area (Å²) in [4.78, 5) is 5.32. The molecule has 0 fully saturated rings. The van der Waals surface area contributed by atoms with Gasteiger partial charge in [-0.25, -0.2) is 8.42 Å². The van der Waals surface area contributed by atoms with E-state index in [9.17, 15) is 8.42 Å². The number of nitrogens with zero attached hydrogens (tertiary/aromatic N) is 5. The lowest BCUT2D eigenvalue weighted by Crippen LogP contribution is -2.16. The van der Waals surface area contributed by atoms with Crippen LogP contribution in [0, 0.1) is 6.92 Å². The van der Waals surface area contributed by atoms with E-state index in [0.29, 0.717) is 22.8 Å². The van der Waals surface area contributed by atoms with Crippen molar-refractivity contribution >= 4 is 15.8 Å². The van der Waals surface area contributed by atoms with Crippen LogP contribution >= 0.6 is 0 Å². The molecule has 1 N–H and O–H groups in total. The van der Waals surface area contributed by atoms with Crippen molar-refractivity contribution in [2.45, 2.75) is 38.9 Å². The lowest BCUT2D eigenvalue weighted by molar-refractivity contribution is 0.327. The van der Waals surface area contributed by atoms with Gasteiger partial charge >= 0.3 is 0 Å². The first-order valence-electron chi connectivity index (χ1n) is 7.95. The van der Waals surface area contributed by atoms with E-state index in [1.807, 2.05) is 20.8 Å². The first-order chi connectivity index (χ1) is 12.1. The van der Waals surface area contributed by atoms with Crippen LogP contribution in [0.2, 0.25) is 0 Å². The highest BCUT2D eigenvalue weighted by molar-refractivity contribution is 7.91. The van der Waals surface area contributed by atoms with Gasteiger partial charge in [-0.2, -0.15) is 5.10 Å². The molecule has 0 aliphatic rings. The molecule has 0 radical (unpaired) electrons. The fourth-order valence-electron chi connectivity index (χ4n) is 2.17. The third-order valence-corrected chi connectivity index (χ3v) is 4.73. The Morgan fingerprint density at radius 1 is 1.27 bits per heavy atom. The van der Waals surface area contributed by atoms with Crippen molar-refractivity contribution in [3.8, 4) is 5.69 Å². The quantitative estimate of drug-likeness (QED) is 0.725. The molecule has 3 aromatic rings. The maximum Gasteiger partial charge on any atom is 0.239 e. The molecule has 138 valence electrons. The van der Waals surface area contributed by atoms with Crippen LogP contribution in [0.25, 0.3) is 5.69 Å². The minimum atomic E-state index is -3.72.